The number of fused-ring (bicyclic) bond motifs is 2. The van der Waals surface area contributed by atoms with Gasteiger partial charge in [-0.3, -0.25) is 4.79 Å². The number of hydrogen-bond donors (Lipinski definition) is 1. The predicted molar refractivity (Wildman–Crippen MR) is 72.1 cm³/mol. The van der Waals surface area contributed by atoms with Crippen LogP contribution in [0.1, 0.15) is 50.8 Å². The van der Waals surface area contributed by atoms with Gasteiger partial charge in [0.05, 0.1) is 0 Å². The molecule has 4 unspecified atom stereocenters. The number of carbonyl (C=O) groups is 1. The highest BCUT2D eigenvalue weighted by Gasteiger charge is 2.39. The van der Waals surface area contributed by atoms with E-state index in [1.54, 1.807) is 0 Å². The first kappa shape index (κ1) is 13.6. The van der Waals surface area contributed by atoms with E-state index in [0.717, 1.165) is 30.1 Å². The van der Waals surface area contributed by atoms with Crippen LogP contribution in [-0.2, 0) is 17.6 Å². The first-order valence-corrected chi connectivity index (χ1v) is 7.63. The smallest absolute Gasteiger partial charge is 0.303 e. The Morgan fingerprint density at radius 3 is 2.80 bits per heavy atom. The molecule has 2 aliphatic rings. The Morgan fingerprint density at radius 1 is 1.35 bits per heavy atom. The fraction of sp³-hybridized carbons (Fsp3) is 0.800. The summed E-state index contributed by atoms with van der Waals surface area (Å²) in [6.45, 7) is 1.90. The van der Waals surface area contributed by atoms with Crippen molar-refractivity contribution in [1.82, 2.24) is 10.2 Å². The third kappa shape index (κ3) is 3.02. The lowest BCUT2D eigenvalue weighted by atomic mass is 9.86. The van der Waals surface area contributed by atoms with Crippen LogP contribution in [0.4, 0.5) is 0 Å². The van der Waals surface area contributed by atoms with Crippen LogP contribution < -0.4 is 0 Å². The third-order valence-electron chi connectivity index (χ3n) is 4.88. The average Bonchev–Trinajstić information content (AvgIpc) is 3.05. The van der Waals surface area contributed by atoms with Crippen LogP contribution in [-0.4, -0.2) is 21.3 Å². The Bertz CT molecular complexity index is 485. The maximum absolute atomic E-state index is 10.6. The van der Waals surface area contributed by atoms with E-state index in [0.29, 0.717) is 12.3 Å². The maximum Gasteiger partial charge on any atom is 0.303 e. The fourth-order valence-electron chi connectivity index (χ4n) is 3.97. The van der Waals surface area contributed by atoms with Crippen LogP contribution >= 0.6 is 0 Å². The molecule has 2 fully saturated rings. The predicted octanol–water partition coefficient (Wildman–Crippen LogP) is 2.70. The molecular formula is C15H22N2O3. The normalized spacial score (nSPS) is 29.8. The van der Waals surface area contributed by atoms with E-state index < -0.39 is 5.97 Å². The van der Waals surface area contributed by atoms with Crippen molar-refractivity contribution < 1.29 is 14.3 Å². The van der Waals surface area contributed by atoms with Crippen LogP contribution in [0.5, 0.6) is 0 Å². The Kier molecular flexibility index (Phi) is 3.76. The number of carboxylic acid groups (broad SMARTS) is 1. The van der Waals surface area contributed by atoms with Gasteiger partial charge in [-0.2, -0.15) is 0 Å². The largest absolute Gasteiger partial charge is 0.481 e. The van der Waals surface area contributed by atoms with Gasteiger partial charge in [0, 0.05) is 19.3 Å². The van der Waals surface area contributed by atoms with Crippen molar-refractivity contribution in [2.24, 2.45) is 23.7 Å². The van der Waals surface area contributed by atoms with Crippen molar-refractivity contribution in [3.8, 4) is 0 Å². The molecule has 1 N–H and O–H groups in total. The van der Waals surface area contributed by atoms with E-state index in [1.807, 2.05) is 6.92 Å². The standard InChI is InChI=1S/C15H22N2O3/c1-9(5-15(18)19)4-13-16-17-14(20-13)8-12-7-10-2-3-11(12)6-10/h9-12H,2-8H2,1H3,(H,18,19). The molecule has 2 bridgehead atoms. The Morgan fingerprint density at radius 2 is 2.15 bits per heavy atom. The second-order valence-corrected chi connectivity index (χ2v) is 6.64. The molecule has 4 atom stereocenters. The van der Waals surface area contributed by atoms with Gasteiger partial charge >= 0.3 is 5.97 Å². The van der Waals surface area contributed by atoms with E-state index in [-0.39, 0.29) is 12.3 Å². The lowest BCUT2D eigenvalue weighted by Gasteiger charge is -2.19. The van der Waals surface area contributed by atoms with Crippen LogP contribution in [0, 0.1) is 23.7 Å². The highest BCUT2D eigenvalue weighted by molar-refractivity contribution is 5.66. The molecule has 1 aromatic rings. The lowest BCUT2D eigenvalue weighted by molar-refractivity contribution is -0.137. The van der Waals surface area contributed by atoms with Crippen molar-refractivity contribution >= 4 is 5.97 Å². The number of rotatable bonds is 6. The first-order valence-electron chi connectivity index (χ1n) is 7.63. The van der Waals surface area contributed by atoms with Gasteiger partial charge in [-0.25, -0.2) is 0 Å². The molecule has 0 spiro atoms. The van der Waals surface area contributed by atoms with E-state index in [4.69, 9.17) is 9.52 Å². The van der Waals surface area contributed by atoms with Crippen molar-refractivity contribution in [2.75, 3.05) is 0 Å². The summed E-state index contributed by atoms with van der Waals surface area (Å²) in [6, 6.07) is 0. The second kappa shape index (κ2) is 5.54. The van der Waals surface area contributed by atoms with E-state index in [2.05, 4.69) is 10.2 Å². The SMILES string of the molecule is CC(CC(=O)O)Cc1nnc(CC2CC3CCC2C3)o1. The highest BCUT2D eigenvalue weighted by atomic mass is 16.4. The van der Waals surface area contributed by atoms with E-state index in [1.165, 1.54) is 25.7 Å². The van der Waals surface area contributed by atoms with Gasteiger partial charge < -0.3 is 9.52 Å². The zero-order valence-corrected chi connectivity index (χ0v) is 11.9. The summed E-state index contributed by atoms with van der Waals surface area (Å²) >= 11 is 0. The van der Waals surface area contributed by atoms with E-state index in [9.17, 15) is 4.79 Å². The second-order valence-electron chi connectivity index (χ2n) is 6.64. The Balaban J connectivity index is 1.53. The minimum absolute atomic E-state index is 0.0308. The molecule has 0 radical (unpaired) electrons. The number of carboxylic acids is 1. The molecule has 0 aliphatic heterocycles. The zero-order valence-electron chi connectivity index (χ0n) is 11.9. The molecular weight excluding hydrogens is 256 g/mol. The molecule has 5 nitrogen and oxygen atoms in total. The topological polar surface area (TPSA) is 76.2 Å². The van der Waals surface area contributed by atoms with E-state index >= 15 is 0 Å². The highest BCUT2D eigenvalue weighted by Crippen LogP contribution is 2.49. The number of aromatic nitrogens is 2. The van der Waals surface area contributed by atoms with Gasteiger partial charge in [0.2, 0.25) is 11.8 Å². The molecule has 0 aromatic carbocycles. The van der Waals surface area contributed by atoms with Crippen LogP contribution in [0.3, 0.4) is 0 Å². The third-order valence-corrected chi connectivity index (χ3v) is 4.88. The molecule has 3 rings (SSSR count). The number of nitrogens with zero attached hydrogens (tertiary/aromatic N) is 2. The first-order chi connectivity index (χ1) is 9.60. The summed E-state index contributed by atoms with van der Waals surface area (Å²) in [7, 11) is 0. The quantitative estimate of drug-likeness (QED) is 0.865. The summed E-state index contributed by atoms with van der Waals surface area (Å²) < 4.78 is 5.69. The average molecular weight is 278 g/mol. The van der Waals surface area contributed by atoms with Crippen molar-refractivity contribution in [2.45, 2.75) is 51.9 Å². The van der Waals surface area contributed by atoms with Crippen LogP contribution in [0.15, 0.2) is 4.42 Å². The van der Waals surface area contributed by atoms with Crippen LogP contribution in [0.25, 0.3) is 0 Å². The molecule has 0 saturated heterocycles. The molecule has 0 amide bonds. The minimum atomic E-state index is -0.779. The molecule has 1 heterocycles. The summed E-state index contributed by atoms with van der Waals surface area (Å²) in [5.41, 5.74) is 0. The van der Waals surface area contributed by atoms with Gasteiger partial charge in [-0.05, 0) is 42.9 Å². The maximum atomic E-state index is 10.6. The number of hydrogen-bond acceptors (Lipinski definition) is 4. The van der Waals surface area contributed by atoms with Crippen LogP contribution in [0.2, 0.25) is 0 Å². The molecule has 2 saturated carbocycles. The summed E-state index contributed by atoms with van der Waals surface area (Å²) in [5.74, 6) is 3.09. The van der Waals surface area contributed by atoms with Gasteiger partial charge in [-0.15, -0.1) is 10.2 Å². The van der Waals surface area contributed by atoms with Crippen molar-refractivity contribution in [3.63, 3.8) is 0 Å². The molecule has 20 heavy (non-hydrogen) atoms. The minimum Gasteiger partial charge on any atom is -0.481 e. The van der Waals surface area contributed by atoms with Gasteiger partial charge in [0.15, 0.2) is 0 Å². The van der Waals surface area contributed by atoms with Crippen molar-refractivity contribution in [1.29, 1.82) is 0 Å². The summed E-state index contributed by atoms with van der Waals surface area (Å²) in [6.07, 6.45) is 7.08. The molecule has 110 valence electrons. The fourth-order valence-corrected chi connectivity index (χ4v) is 3.97. The monoisotopic (exact) mass is 278 g/mol. The van der Waals surface area contributed by atoms with Gasteiger partial charge in [-0.1, -0.05) is 13.3 Å². The number of aliphatic carboxylic acids is 1. The Hall–Kier alpha value is -1.39. The lowest BCUT2D eigenvalue weighted by Crippen LogP contribution is -2.13. The molecule has 5 heteroatoms. The Labute approximate surface area is 118 Å². The van der Waals surface area contributed by atoms with Crippen molar-refractivity contribution in [3.05, 3.63) is 11.8 Å². The summed E-state index contributed by atoms with van der Waals surface area (Å²) in [4.78, 5) is 10.6. The molecule has 1 aromatic heterocycles. The molecule has 2 aliphatic carbocycles. The zero-order chi connectivity index (χ0) is 14.1. The van der Waals surface area contributed by atoms with Gasteiger partial charge in [0.25, 0.3) is 0 Å². The van der Waals surface area contributed by atoms with Gasteiger partial charge in [0.1, 0.15) is 0 Å². The summed E-state index contributed by atoms with van der Waals surface area (Å²) in [5, 5.41) is 16.9.